The highest BCUT2D eigenvalue weighted by Gasteiger charge is 2.47. The van der Waals surface area contributed by atoms with Crippen molar-refractivity contribution < 1.29 is 0 Å². The van der Waals surface area contributed by atoms with Crippen LogP contribution in [0.1, 0.15) is 65.0 Å². The summed E-state index contributed by atoms with van der Waals surface area (Å²) < 4.78 is 0. The van der Waals surface area contributed by atoms with Gasteiger partial charge in [0.15, 0.2) is 0 Å². The third kappa shape index (κ3) is 6.28. The molecule has 0 aromatic heterocycles. The molecule has 1 nitrogen and oxygen atoms in total. The van der Waals surface area contributed by atoms with Gasteiger partial charge in [-0.15, -0.1) is 0 Å². The summed E-state index contributed by atoms with van der Waals surface area (Å²) in [4.78, 5) is 2.50. The van der Waals surface area contributed by atoms with E-state index in [1.54, 1.807) is 0 Å². The van der Waals surface area contributed by atoms with Gasteiger partial charge in [-0.25, -0.2) is 0 Å². The van der Waals surface area contributed by atoms with Crippen LogP contribution in [-0.4, -0.2) is 0 Å². The second kappa shape index (κ2) is 15.8. The molecule has 3 atom stereocenters. The Morgan fingerprint density at radius 2 is 1.02 bits per heavy atom. The van der Waals surface area contributed by atoms with Crippen LogP contribution in [-0.2, 0) is 5.41 Å². The SMILES string of the molecule is Cc1cccc2c1-c1ccc(N(c3ccc(-c4ccc(C5CC6CCC5C6)cc4)cc3)c3ccccc3-c3ccccc3-c3ccccc3)cc1C2(c1ccccc1)c1ccccc1. The molecule has 0 saturated heterocycles. The van der Waals surface area contributed by atoms with Crippen LogP contribution in [0.3, 0.4) is 0 Å². The predicted octanol–water partition coefficient (Wildman–Crippen LogP) is 16.7. The number of anilines is 3. The molecule has 3 unspecified atom stereocenters. The van der Waals surface area contributed by atoms with Crippen molar-refractivity contribution >= 4 is 17.1 Å². The first kappa shape index (κ1) is 38.5. The summed E-state index contributed by atoms with van der Waals surface area (Å²) in [5.41, 5.74) is 20.7. The zero-order chi connectivity index (χ0) is 42.6. The Labute approximate surface area is 378 Å². The topological polar surface area (TPSA) is 3.24 Å². The highest BCUT2D eigenvalue weighted by molar-refractivity contribution is 5.96. The molecule has 308 valence electrons. The number of fused-ring (bicyclic) bond motifs is 5. The number of hydrogen-bond acceptors (Lipinski definition) is 1. The van der Waals surface area contributed by atoms with E-state index in [9.17, 15) is 0 Å². The van der Waals surface area contributed by atoms with E-state index in [1.165, 1.54) is 104 Å². The quantitative estimate of drug-likeness (QED) is 0.140. The minimum Gasteiger partial charge on any atom is -0.310 e. The molecule has 0 radical (unpaired) electrons. The molecule has 12 rings (SSSR count). The largest absolute Gasteiger partial charge is 0.310 e. The van der Waals surface area contributed by atoms with Crippen molar-refractivity contribution in [1.82, 2.24) is 0 Å². The molecule has 2 saturated carbocycles. The molecule has 64 heavy (non-hydrogen) atoms. The van der Waals surface area contributed by atoms with E-state index in [0.717, 1.165) is 34.8 Å². The van der Waals surface area contributed by atoms with E-state index in [2.05, 4.69) is 236 Å². The van der Waals surface area contributed by atoms with Crippen LogP contribution in [0, 0.1) is 18.8 Å². The lowest BCUT2D eigenvalue weighted by Gasteiger charge is -2.35. The number of benzene rings is 9. The van der Waals surface area contributed by atoms with Crippen LogP contribution in [0.4, 0.5) is 17.1 Å². The Bertz CT molecular complexity index is 3070. The lowest BCUT2D eigenvalue weighted by Crippen LogP contribution is -2.28. The lowest BCUT2D eigenvalue weighted by atomic mass is 9.67. The molecule has 0 amide bonds. The molecule has 2 fully saturated rings. The zero-order valence-electron chi connectivity index (χ0n) is 36.4. The normalized spacial score (nSPS) is 17.8. The Hall–Kier alpha value is -7.22. The van der Waals surface area contributed by atoms with Gasteiger partial charge in [0.2, 0.25) is 0 Å². The number of hydrogen-bond donors (Lipinski definition) is 0. The lowest BCUT2D eigenvalue weighted by molar-refractivity contribution is 0.420. The fraction of sp³-hybridized carbons (Fsp3) is 0.143. The standard InChI is InChI=1S/C63H51N/c1-43-16-15-26-59-62(43)57-39-38-53(42-60(57)63(59,50-19-7-3-8-20-50)51-21-9-4-10-22-51)64(61-27-14-13-25-56(61)55-24-12-11-23-54(55)47-17-5-2-6-18-47)52-36-34-46(35-37-52)45-30-32-48(33-31-45)58-41-44-28-29-49(58)40-44/h2-27,30-39,42,44,49,58H,28-29,40-41H2,1H3. The van der Waals surface area contributed by atoms with Crippen molar-refractivity contribution in [3.05, 3.63) is 258 Å². The van der Waals surface area contributed by atoms with Crippen molar-refractivity contribution in [2.75, 3.05) is 4.90 Å². The summed E-state index contributed by atoms with van der Waals surface area (Å²) in [5, 5.41) is 0. The van der Waals surface area contributed by atoms with Crippen LogP contribution in [0.15, 0.2) is 224 Å². The predicted molar refractivity (Wildman–Crippen MR) is 268 cm³/mol. The summed E-state index contributed by atoms with van der Waals surface area (Å²) in [5.74, 6) is 2.56. The van der Waals surface area contributed by atoms with Crippen LogP contribution in [0.5, 0.6) is 0 Å². The summed E-state index contributed by atoms with van der Waals surface area (Å²) in [6.45, 7) is 2.27. The average molecular weight is 822 g/mol. The first-order chi connectivity index (χ1) is 31.6. The fourth-order valence-corrected chi connectivity index (χ4v) is 12.1. The van der Waals surface area contributed by atoms with Crippen molar-refractivity contribution in [3.63, 3.8) is 0 Å². The van der Waals surface area contributed by atoms with Gasteiger partial charge in [-0.05, 0) is 147 Å². The molecule has 9 aromatic rings. The van der Waals surface area contributed by atoms with Gasteiger partial charge in [-0.3, -0.25) is 0 Å². The van der Waals surface area contributed by atoms with E-state index in [-0.39, 0.29) is 0 Å². The maximum absolute atomic E-state index is 2.50. The maximum atomic E-state index is 2.50. The molecule has 0 N–H and O–H groups in total. The minimum atomic E-state index is -0.519. The molecule has 9 aromatic carbocycles. The first-order valence-electron chi connectivity index (χ1n) is 23.3. The van der Waals surface area contributed by atoms with Crippen molar-refractivity contribution in [1.29, 1.82) is 0 Å². The Morgan fingerprint density at radius 3 is 1.67 bits per heavy atom. The number of para-hydroxylation sites is 1. The smallest absolute Gasteiger partial charge is 0.0714 e. The van der Waals surface area contributed by atoms with Gasteiger partial charge in [0.05, 0.1) is 11.1 Å². The third-order valence-corrected chi connectivity index (χ3v) is 15.0. The molecular formula is C63H51N. The van der Waals surface area contributed by atoms with E-state index < -0.39 is 5.41 Å². The second-order valence-electron chi connectivity index (χ2n) is 18.4. The maximum Gasteiger partial charge on any atom is 0.0714 e. The van der Waals surface area contributed by atoms with Gasteiger partial charge in [0, 0.05) is 16.9 Å². The summed E-state index contributed by atoms with van der Waals surface area (Å²) in [6.07, 6.45) is 5.65. The van der Waals surface area contributed by atoms with E-state index >= 15 is 0 Å². The molecule has 0 aliphatic heterocycles. The average Bonchev–Trinajstić information content (AvgIpc) is 4.09. The monoisotopic (exact) mass is 821 g/mol. The van der Waals surface area contributed by atoms with Gasteiger partial charge < -0.3 is 4.90 Å². The molecule has 0 heterocycles. The van der Waals surface area contributed by atoms with Gasteiger partial charge in [-0.1, -0.05) is 201 Å². The van der Waals surface area contributed by atoms with Crippen LogP contribution in [0.25, 0.3) is 44.5 Å². The van der Waals surface area contributed by atoms with E-state index in [4.69, 9.17) is 0 Å². The van der Waals surface area contributed by atoms with Gasteiger partial charge in [0.1, 0.15) is 0 Å². The van der Waals surface area contributed by atoms with Crippen molar-refractivity contribution in [2.24, 2.45) is 11.8 Å². The summed E-state index contributed by atoms with van der Waals surface area (Å²) >= 11 is 0. The number of rotatable bonds is 9. The fourth-order valence-electron chi connectivity index (χ4n) is 12.1. The third-order valence-electron chi connectivity index (χ3n) is 15.0. The zero-order valence-corrected chi connectivity index (χ0v) is 36.4. The Morgan fingerprint density at radius 1 is 0.422 bits per heavy atom. The van der Waals surface area contributed by atoms with Gasteiger partial charge >= 0.3 is 0 Å². The molecular weight excluding hydrogens is 771 g/mol. The molecule has 3 aliphatic rings. The number of nitrogens with zero attached hydrogens (tertiary/aromatic N) is 1. The molecule has 3 aliphatic carbocycles. The highest BCUT2D eigenvalue weighted by atomic mass is 15.1. The molecule has 2 bridgehead atoms. The number of aryl methyl sites for hydroxylation is 1. The summed E-state index contributed by atoms with van der Waals surface area (Å²) in [7, 11) is 0. The van der Waals surface area contributed by atoms with Crippen LogP contribution < -0.4 is 4.90 Å². The minimum absolute atomic E-state index is 0.519. The molecule has 0 spiro atoms. The van der Waals surface area contributed by atoms with Crippen LogP contribution >= 0.6 is 0 Å². The van der Waals surface area contributed by atoms with Gasteiger partial charge in [0.25, 0.3) is 0 Å². The van der Waals surface area contributed by atoms with Crippen molar-refractivity contribution in [3.8, 4) is 44.5 Å². The van der Waals surface area contributed by atoms with E-state index in [0.29, 0.717) is 0 Å². The van der Waals surface area contributed by atoms with Crippen molar-refractivity contribution in [2.45, 2.75) is 43.9 Å². The first-order valence-corrected chi connectivity index (χ1v) is 23.3. The second-order valence-corrected chi connectivity index (χ2v) is 18.4. The van der Waals surface area contributed by atoms with Gasteiger partial charge in [-0.2, -0.15) is 0 Å². The van der Waals surface area contributed by atoms with Crippen LogP contribution in [0.2, 0.25) is 0 Å². The molecule has 1 heteroatoms. The van der Waals surface area contributed by atoms with E-state index in [1.807, 2.05) is 0 Å². The Kier molecular flexibility index (Phi) is 9.52. The Balaban J connectivity index is 1.05. The highest BCUT2D eigenvalue weighted by Crippen LogP contribution is 2.58. The summed E-state index contributed by atoms with van der Waals surface area (Å²) in [6, 6.07) is 83.9.